The van der Waals surface area contributed by atoms with Crippen LogP contribution in [0, 0.1) is 12.8 Å². The molecule has 2 aromatic heterocycles. The van der Waals surface area contributed by atoms with Gasteiger partial charge >= 0.3 is 10.3 Å². The predicted molar refractivity (Wildman–Crippen MR) is 110 cm³/mol. The first kappa shape index (κ1) is 21.0. The molecule has 2 heterocycles. The third-order valence-electron chi connectivity index (χ3n) is 4.86. The molecule has 1 saturated carbocycles. The maximum absolute atomic E-state index is 10.9. The number of fused-ring (bicyclic) bond motifs is 1. The Morgan fingerprint density at radius 1 is 1.33 bits per heavy atom. The molecule has 10 nitrogen and oxygen atoms in total. The molecular weight excluding hydrogens is 430 g/mol. The Balaban J connectivity index is 1.47. The van der Waals surface area contributed by atoms with Crippen LogP contribution in [0.5, 0.6) is 5.88 Å². The Morgan fingerprint density at radius 2 is 2.17 bits per heavy atom. The zero-order valence-electron chi connectivity index (χ0n) is 16.0. The molecule has 1 fully saturated rings. The van der Waals surface area contributed by atoms with Crippen LogP contribution in [0.2, 0.25) is 0 Å². The molecule has 3 aromatic rings. The van der Waals surface area contributed by atoms with Crippen LogP contribution in [0.1, 0.15) is 18.4 Å². The molecule has 1 aromatic carbocycles. The lowest BCUT2D eigenvalue weighted by Crippen LogP contribution is -2.32. The molecule has 0 unspecified atom stereocenters. The highest BCUT2D eigenvalue weighted by Crippen LogP contribution is 2.33. The average Bonchev–Trinajstić information content (AvgIpc) is 3.22. The molecule has 160 valence electrons. The summed E-state index contributed by atoms with van der Waals surface area (Å²) in [6.07, 6.45) is 0.983. The molecule has 1 aliphatic carbocycles. The Hall–Kier alpha value is -2.25. The second kappa shape index (κ2) is 8.47. The van der Waals surface area contributed by atoms with Crippen molar-refractivity contribution in [2.24, 2.45) is 5.92 Å². The van der Waals surface area contributed by atoms with Gasteiger partial charge in [0.15, 0.2) is 10.8 Å². The van der Waals surface area contributed by atoms with Crippen LogP contribution in [-0.2, 0) is 10.3 Å². The Kier molecular flexibility index (Phi) is 5.93. The van der Waals surface area contributed by atoms with Gasteiger partial charge in [0.25, 0.3) is 0 Å². The molecular formula is C18H21N5O5S2. The Bertz CT molecular complexity index is 1150. The number of aliphatic hydroxyl groups excluding tert-OH is 1. The van der Waals surface area contributed by atoms with Gasteiger partial charge in [-0.25, -0.2) is 9.97 Å². The van der Waals surface area contributed by atoms with E-state index in [1.807, 2.05) is 29.8 Å². The van der Waals surface area contributed by atoms with Gasteiger partial charge in [-0.15, -0.1) is 0 Å². The van der Waals surface area contributed by atoms with E-state index < -0.39 is 16.4 Å². The van der Waals surface area contributed by atoms with Crippen LogP contribution in [0.3, 0.4) is 0 Å². The lowest BCUT2D eigenvalue weighted by atomic mass is 10.1. The van der Waals surface area contributed by atoms with Crippen molar-refractivity contribution in [1.82, 2.24) is 24.7 Å². The van der Waals surface area contributed by atoms with E-state index in [0.717, 1.165) is 10.5 Å². The summed E-state index contributed by atoms with van der Waals surface area (Å²) < 4.78 is 38.5. The fraction of sp³-hybridized carbons (Fsp3) is 0.389. The van der Waals surface area contributed by atoms with Gasteiger partial charge in [-0.3, -0.25) is 4.55 Å². The lowest BCUT2D eigenvalue weighted by molar-refractivity contribution is 0.124. The highest BCUT2D eigenvalue weighted by atomic mass is 32.2. The third kappa shape index (κ3) is 5.08. The number of ether oxygens (including phenoxy) is 1. The number of benzene rings is 1. The molecule has 1 aliphatic rings. The Labute approximate surface area is 177 Å². The van der Waals surface area contributed by atoms with Crippen molar-refractivity contribution in [2.45, 2.75) is 42.0 Å². The highest BCUT2D eigenvalue weighted by Gasteiger charge is 2.35. The largest absolute Gasteiger partial charge is 0.473 e. The van der Waals surface area contributed by atoms with Crippen molar-refractivity contribution in [3.05, 3.63) is 36.2 Å². The molecule has 0 radical (unpaired) electrons. The zero-order valence-corrected chi connectivity index (χ0v) is 17.7. The van der Waals surface area contributed by atoms with Gasteiger partial charge in [-0.05, 0) is 25.5 Å². The van der Waals surface area contributed by atoms with E-state index in [9.17, 15) is 13.5 Å². The maximum atomic E-state index is 10.9. The second-order valence-electron chi connectivity index (χ2n) is 7.20. The minimum atomic E-state index is -4.30. The molecule has 0 spiro atoms. The minimum absolute atomic E-state index is 0.0691. The summed E-state index contributed by atoms with van der Waals surface area (Å²) in [5.41, 5.74) is 2.18. The molecule has 0 saturated heterocycles. The standard InChI is InChI=1S/C18H21N5O5S2/c1-10-3-2-4-13(5-10)29-18-22-15-16(23-18)19-9-20-17(15)28-12-6-11(14(24)7-12)8-21-30(25,26)27/h2-5,9,11-12,14,21,24H,6-8H2,1H3,(H,25,26,27)(H,19,20,22,23)/t11-,12+,14-/m0/s1. The van der Waals surface area contributed by atoms with Gasteiger partial charge in [0.1, 0.15) is 17.9 Å². The van der Waals surface area contributed by atoms with Gasteiger partial charge in [0.2, 0.25) is 5.88 Å². The van der Waals surface area contributed by atoms with Gasteiger partial charge in [0, 0.05) is 23.8 Å². The van der Waals surface area contributed by atoms with Crippen LogP contribution in [0.25, 0.3) is 11.2 Å². The van der Waals surface area contributed by atoms with Gasteiger partial charge in [-0.2, -0.15) is 18.1 Å². The summed E-state index contributed by atoms with van der Waals surface area (Å²) >= 11 is 1.47. The van der Waals surface area contributed by atoms with Crippen LogP contribution in [-0.4, -0.2) is 56.8 Å². The van der Waals surface area contributed by atoms with Crippen LogP contribution in [0.15, 0.2) is 40.6 Å². The van der Waals surface area contributed by atoms with Crippen LogP contribution in [0.4, 0.5) is 0 Å². The van der Waals surface area contributed by atoms with Crippen LogP contribution >= 0.6 is 11.8 Å². The van der Waals surface area contributed by atoms with Gasteiger partial charge in [-0.1, -0.05) is 29.5 Å². The van der Waals surface area contributed by atoms with Gasteiger partial charge in [0.05, 0.1) is 6.10 Å². The number of imidazole rings is 1. The highest BCUT2D eigenvalue weighted by molar-refractivity contribution is 7.99. The molecule has 0 aliphatic heterocycles. The number of aromatic nitrogens is 4. The van der Waals surface area contributed by atoms with Crippen LogP contribution < -0.4 is 9.46 Å². The number of H-pyrrole nitrogens is 1. The molecule has 30 heavy (non-hydrogen) atoms. The molecule has 0 bridgehead atoms. The molecule has 4 N–H and O–H groups in total. The first-order valence-electron chi connectivity index (χ1n) is 9.29. The normalized spacial score (nSPS) is 21.9. The van der Waals surface area contributed by atoms with E-state index in [1.54, 1.807) is 0 Å². The SMILES string of the molecule is Cc1cccc(Sc2nc3ncnc(O[C@@H]4C[C@@H](CNS(=O)(=O)O)[C@@H](O)C4)c3[nH]2)c1. The fourth-order valence-electron chi connectivity index (χ4n) is 3.45. The van der Waals surface area contributed by atoms with Crippen molar-refractivity contribution in [1.29, 1.82) is 0 Å². The lowest BCUT2D eigenvalue weighted by Gasteiger charge is -2.13. The molecule has 0 amide bonds. The van der Waals surface area contributed by atoms with E-state index in [2.05, 4.69) is 26.0 Å². The van der Waals surface area contributed by atoms with Crippen molar-refractivity contribution in [3.63, 3.8) is 0 Å². The van der Waals surface area contributed by atoms with E-state index in [1.165, 1.54) is 18.1 Å². The van der Waals surface area contributed by atoms with Crippen molar-refractivity contribution in [2.75, 3.05) is 6.54 Å². The van der Waals surface area contributed by atoms with Crippen molar-refractivity contribution < 1.29 is 22.8 Å². The quantitative estimate of drug-likeness (QED) is 0.394. The topological polar surface area (TPSA) is 150 Å². The molecule has 4 rings (SSSR count). The summed E-state index contributed by atoms with van der Waals surface area (Å²) in [5.74, 6) is -0.0485. The molecule has 3 atom stereocenters. The number of nitrogens with one attached hydrogen (secondary N) is 2. The third-order valence-corrected chi connectivity index (χ3v) is 6.26. The average molecular weight is 452 g/mol. The number of hydrogen-bond acceptors (Lipinski definition) is 8. The number of hydrogen-bond donors (Lipinski definition) is 4. The summed E-state index contributed by atoms with van der Waals surface area (Å²) in [7, 11) is -4.30. The van der Waals surface area contributed by atoms with E-state index in [4.69, 9.17) is 9.29 Å². The number of aryl methyl sites for hydroxylation is 1. The maximum Gasteiger partial charge on any atom is 0.333 e. The zero-order chi connectivity index (χ0) is 21.3. The number of aliphatic hydroxyl groups is 1. The summed E-state index contributed by atoms with van der Waals surface area (Å²) in [4.78, 5) is 17.1. The van der Waals surface area contributed by atoms with Crippen molar-refractivity contribution in [3.8, 4) is 5.88 Å². The number of nitrogens with zero attached hydrogens (tertiary/aromatic N) is 3. The monoisotopic (exact) mass is 451 g/mol. The second-order valence-corrected chi connectivity index (χ2v) is 9.50. The Morgan fingerprint density at radius 3 is 2.93 bits per heavy atom. The smallest absolute Gasteiger partial charge is 0.333 e. The summed E-state index contributed by atoms with van der Waals surface area (Å²) in [5, 5.41) is 10.8. The first-order chi connectivity index (χ1) is 14.3. The van der Waals surface area contributed by atoms with E-state index in [0.29, 0.717) is 35.0 Å². The summed E-state index contributed by atoms with van der Waals surface area (Å²) in [6.45, 7) is 1.95. The number of rotatable bonds is 7. The van der Waals surface area contributed by atoms with Gasteiger partial charge < -0.3 is 14.8 Å². The number of aromatic amines is 1. The minimum Gasteiger partial charge on any atom is -0.473 e. The molecule has 12 heteroatoms. The fourth-order valence-corrected chi connectivity index (χ4v) is 4.78. The first-order valence-corrected chi connectivity index (χ1v) is 11.5. The van der Waals surface area contributed by atoms with Crippen molar-refractivity contribution >= 4 is 33.2 Å². The summed E-state index contributed by atoms with van der Waals surface area (Å²) in [6, 6.07) is 8.05. The van der Waals surface area contributed by atoms with E-state index >= 15 is 0 Å². The predicted octanol–water partition coefficient (Wildman–Crippen LogP) is 1.72. The van der Waals surface area contributed by atoms with E-state index in [-0.39, 0.29) is 18.6 Å².